The maximum Gasteiger partial charge on any atom is 0.325 e. The van der Waals surface area contributed by atoms with Crippen molar-refractivity contribution < 1.29 is 14.3 Å². The van der Waals surface area contributed by atoms with Crippen molar-refractivity contribution >= 4 is 11.9 Å². The van der Waals surface area contributed by atoms with Crippen LogP contribution in [-0.2, 0) is 14.3 Å². The molecule has 5 heteroatoms. The van der Waals surface area contributed by atoms with Crippen molar-refractivity contribution in [3.63, 3.8) is 0 Å². The summed E-state index contributed by atoms with van der Waals surface area (Å²) in [4.78, 5) is 26.4. The Kier molecular flexibility index (Phi) is 7.15. The summed E-state index contributed by atoms with van der Waals surface area (Å²) >= 11 is 0. The van der Waals surface area contributed by atoms with E-state index in [0.717, 1.165) is 32.2 Å². The number of methoxy groups -OCH3 is 1. The molecule has 1 N–H and O–H groups in total. The molecule has 0 aromatic carbocycles. The van der Waals surface area contributed by atoms with Crippen molar-refractivity contribution in [1.29, 1.82) is 0 Å². The van der Waals surface area contributed by atoms with E-state index in [1.807, 2.05) is 0 Å². The minimum Gasteiger partial charge on any atom is -0.468 e. The van der Waals surface area contributed by atoms with Crippen LogP contribution in [0.3, 0.4) is 0 Å². The number of ether oxygens (including phenoxy) is 1. The molecular formula is C16H30N2O3. The van der Waals surface area contributed by atoms with Gasteiger partial charge in [-0.25, -0.2) is 0 Å². The third kappa shape index (κ3) is 4.43. The average molecular weight is 298 g/mol. The second kappa shape index (κ2) is 8.37. The van der Waals surface area contributed by atoms with Gasteiger partial charge in [0.05, 0.1) is 12.5 Å². The first-order chi connectivity index (χ1) is 10.0. The maximum absolute atomic E-state index is 13.0. The Morgan fingerprint density at radius 3 is 2.38 bits per heavy atom. The van der Waals surface area contributed by atoms with E-state index in [1.54, 1.807) is 4.90 Å². The summed E-state index contributed by atoms with van der Waals surface area (Å²) in [6, 6.07) is 0. The van der Waals surface area contributed by atoms with E-state index in [0.29, 0.717) is 19.0 Å². The molecular weight excluding hydrogens is 268 g/mol. The number of nitrogens with zero attached hydrogens (tertiary/aromatic N) is 1. The lowest BCUT2D eigenvalue weighted by molar-refractivity contribution is -0.151. The predicted molar refractivity (Wildman–Crippen MR) is 82.9 cm³/mol. The molecule has 0 aliphatic carbocycles. The number of esters is 1. The van der Waals surface area contributed by atoms with Gasteiger partial charge in [0.1, 0.15) is 6.54 Å². The van der Waals surface area contributed by atoms with Crippen LogP contribution in [0.15, 0.2) is 0 Å². The molecule has 0 aromatic rings. The van der Waals surface area contributed by atoms with Crippen molar-refractivity contribution in [1.82, 2.24) is 10.2 Å². The Bertz CT molecular complexity index is 347. The van der Waals surface area contributed by atoms with E-state index in [-0.39, 0.29) is 23.8 Å². The van der Waals surface area contributed by atoms with Gasteiger partial charge in [-0.15, -0.1) is 0 Å². The van der Waals surface area contributed by atoms with Gasteiger partial charge in [-0.05, 0) is 25.3 Å². The zero-order valence-corrected chi connectivity index (χ0v) is 13.9. The third-order valence-electron chi connectivity index (χ3n) is 4.84. The number of nitrogens with one attached hydrogen (secondary N) is 1. The minimum atomic E-state index is -0.347. The van der Waals surface area contributed by atoms with Crippen LogP contribution in [0.2, 0.25) is 0 Å². The van der Waals surface area contributed by atoms with Crippen LogP contribution >= 0.6 is 0 Å². The summed E-state index contributed by atoms with van der Waals surface area (Å²) in [6.07, 6.45) is 3.68. The van der Waals surface area contributed by atoms with Gasteiger partial charge >= 0.3 is 5.97 Å². The molecule has 5 nitrogen and oxygen atoms in total. The van der Waals surface area contributed by atoms with Gasteiger partial charge in [-0.2, -0.15) is 0 Å². The lowest BCUT2D eigenvalue weighted by Gasteiger charge is -2.34. The molecule has 1 aliphatic heterocycles. The molecule has 1 rings (SSSR count). The molecule has 1 unspecified atom stereocenters. The monoisotopic (exact) mass is 298 g/mol. The van der Waals surface area contributed by atoms with Crippen LogP contribution < -0.4 is 5.32 Å². The molecule has 0 aromatic heterocycles. The molecule has 0 saturated carbocycles. The molecule has 1 amide bonds. The van der Waals surface area contributed by atoms with Crippen LogP contribution in [0, 0.1) is 11.3 Å². The van der Waals surface area contributed by atoms with Crippen LogP contribution in [-0.4, -0.2) is 50.1 Å². The molecule has 1 fully saturated rings. The fraction of sp³-hybridized carbons (Fsp3) is 0.875. The molecule has 1 aliphatic rings. The quantitative estimate of drug-likeness (QED) is 0.694. The zero-order chi connectivity index (χ0) is 15.9. The Balaban J connectivity index is 2.87. The summed E-state index contributed by atoms with van der Waals surface area (Å²) in [6.45, 7) is 8.59. The first kappa shape index (κ1) is 18.0. The summed E-state index contributed by atoms with van der Waals surface area (Å²) < 4.78 is 4.76. The van der Waals surface area contributed by atoms with Gasteiger partial charge in [0.2, 0.25) is 5.91 Å². The van der Waals surface area contributed by atoms with Gasteiger partial charge in [0.15, 0.2) is 0 Å². The molecule has 1 saturated heterocycles. The number of hydrogen-bond acceptors (Lipinski definition) is 4. The van der Waals surface area contributed by atoms with E-state index in [4.69, 9.17) is 4.74 Å². The van der Waals surface area contributed by atoms with Crippen molar-refractivity contribution in [3.05, 3.63) is 0 Å². The van der Waals surface area contributed by atoms with E-state index in [9.17, 15) is 9.59 Å². The van der Waals surface area contributed by atoms with Crippen molar-refractivity contribution in [2.45, 2.75) is 46.5 Å². The Morgan fingerprint density at radius 1 is 1.29 bits per heavy atom. The topological polar surface area (TPSA) is 58.6 Å². The smallest absolute Gasteiger partial charge is 0.325 e. The maximum atomic E-state index is 13.0. The second-order valence-electron chi connectivity index (χ2n) is 6.00. The Hall–Kier alpha value is -1.10. The average Bonchev–Trinajstić information content (AvgIpc) is 3.00. The van der Waals surface area contributed by atoms with Gasteiger partial charge in [0, 0.05) is 13.1 Å². The van der Waals surface area contributed by atoms with E-state index in [1.165, 1.54) is 7.11 Å². The second-order valence-corrected chi connectivity index (χ2v) is 6.00. The SMILES string of the molecule is CCC(CC)CN(CC(=O)OC)C(=O)C1(CC)CCNC1. The van der Waals surface area contributed by atoms with Crippen LogP contribution in [0.1, 0.15) is 46.5 Å². The molecule has 0 radical (unpaired) electrons. The number of amides is 1. The normalized spacial score (nSPS) is 21.6. The number of carbonyl (C=O) groups excluding carboxylic acids is 2. The van der Waals surface area contributed by atoms with Crippen LogP contribution in [0.4, 0.5) is 0 Å². The van der Waals surface area contributed by atoms with Gasteiger partial charge in [-0.1, -0.05) is 33.6 Å². The lowest BCUT2D eigenvalue weighted by Crippen LogP contribution is -2.48. The lowest BCUT2D eigenvalue weighted by atomic mass is 9.82. The number of hydrogen-bond donors (Lipinski definition) is 1. The zero-order valence-electron chi connectivity index (χ0n) is 13.9. The largest absolute Gasteiger partial charge is 0.468 e. The third-order valence-corrected chi connectivity index (χ3v) is 4.84. The number of rotatable bonds is 8. The van der Waals surface area contributed by atoms with Gasteiger partial charge < -0.3 is 15.0 Å². The fourth-order valence-electron chi connectivity index (χ4n) is 3.01. The van der Waals surface area contributed by atoms with Crippen LogP contribution in [0.5, 0.6) is 0 Å². The van der Waals surface area contributed by atoms with Crippen molar-refractivity contribution in [3.8, 4) is 0 Å². The van der Waals surface area contributed by atoms with Gasteiger partial charge in [0.25, 0.3) is 0 Å². The van der Waals surface area contributed by atoms with E-state index in [2.05, 4.69) is 26.1 Å². The summed E-state index contributed by atoms with van der Waals surface area (Å²) in [5.41, 5.74) is -0.347. The molecule has 21 heavy (non-hydrogen) atoms. The van der Waals surface area contributed by atoms with Crippen LogP contribution in [0.25, 0.3) is 0 Å². The molecule has 122 valence electrons. The predicted octanol–water partition coefficient (Wildman–Crippen LogP) is 1.81. The van der Waals surface area contributed by atoms with Crippen molar-refractivity contribution in [2.24, 2.45) is 11.3 Å². The molecule has 0 spiro atoms. The molecule has 1 atom stereocenters. The highest BCUT2D eigenvalue weighted by atomic mass is 16.5. The minimum absolute atomic E-state index is 0.0631. The molecule has 0 bridgehead atoms. The summed E-state index contributed by atoms with van der Waals surface area (Å²) in [5.74, 6) is 0.195. The van der Waals surface area contributed by atoms with E-state index < -0.39 is 0 Å². The van der Waals surface area contributed by atoms with E-state index >= 15 is 0 Å². The van der Waals surface area contributed by atoms with Crippen molar-refractivity contribution in [2.75, 3.05) is 33.3 Å². The first-order valence-electron chi connectivity index (χ1n) is 8.09. The Morgan fingerprint density at radius 2 is 1.95 bits per heavy atom. The summed E-state index contributed by atoms with van der Waals surface area (Å²) in [7, 11) is 1.37. The first-order valence-corrected chi connectivity index (χ1v) is 8.09. The highest BCUT2D eigenvalue weighted by Crippen LogP contribution is 2.32. The standard InChI is InChI=1S/C16H30N2O3/c1-5-13(6-2)10-18(11-14(19)21-4)15(20)16(7-3)8-9-17-12-16/h13,17H,5-12H2,1-4H3. The molecule has 1 heterocycles. The highest BCUT2D eigenvalue weighted by Gasteiger charge is 2.42. The summed E-state index contributed by atoms with van der Waals surface area (Å²) in [5, 5.41) is 3.28. The highest BCUT2D eigenvalue weighted by molar-refractivity contribution is 5.87. The number of carbonyl (C=O) groups is 2. The van der Waals surface area contributed by atoms with Gasteiger partial charge in [-0.3, -0.25) is 9.59 Å². The Labute approximate surface area is 128 Å². The fourth-order valence-corrected chi connectivity index (χ4v) is 3.01.